The van der Waals surface area contributed by atoms with E-state index in [1.54, 1.807) is 11.3 Å². The van der Waals surface area contributed by atoms with Gasteiger partial charge < -0.3 is 10.2 Å². The van der Waals surface area contributed by atoms with Crippen molar-refractivity contribution in [3.63, 3.8) is 0 Å². The van der Waals surface area contributed by atoms with Gasteiger partial charge in [-0.15, -0.1) is 11.3 Å². The highest BCUT2D eigenvalue weighted by Gasteiger charge is 2.21. The second-order valence-electron chi connectivity index (χ2n) is 6.76. The molecule has 1 aliphatic rings. The van der Waals surface area contributed by atoms with Crippen molar-refractivity contribution in [3.05, 3.63) is 51.5 Å². The van der Waals surface area contributed by atoms with E-state index in [9.17, 15) is 0 Å². The molecule has 0 bridgehead atoms. The van der Waals surface area contributed by atoms with E-state index < -0.39 is 0 Å². The summed E-state index contributed by atoms with van der Waals surface area (Å²) in [7, 11) is 1.88. The predicted molar refractivity (Wildman–Crippen MR) is 106 cm³/mol. The van der Waals surface area contributed by atoms with Crippen LogP contribution in [0.15, 0.2) is 35.3 Å². The molecule has 2 aromatic rings. The number of hydrogen-bond acceptors (Lipinski definition) is 3. The number of likely N-dealkylation sites (tertiary alicyclic amines) is 1. The van der Waals surface area contributed by atoms with Gasteiger partial charge in [0.05, 0.1) is 17.2 Å². The lowest BCUT2D eigenvalue weighted by atomic mass is 9.90. The van der Waals surface area contributed by atoms with Crippen molar-refractivity contribution in [1.82, 2.24) is 15.2 Å². The lowest BCUT2D eigenvalue weighted by molar-refractivity contribution is 0.259. The Kier molecular flexibility index (Phi) is 6.08. The van der Waals surface area contributed by atoms with E-state index in [1.165, 1.54) is 29.7 Å². The minimum Gasteiger partial charge on any atom is -0.351 e. The molecular weight excluding hydrogens is 328 g/mol. The molecule has 1 N–H and O–H groups in total. The van der Waals surface area contributed by atoms with Crippen LogP contribution in [0.3, 0.4) is 0 Å². The quantitative estimate of drug-likeness (QED) is 0.669. The molecule has 0 amide bonds. The summed E-state index contributed by atoms with van der Waals surface area (Å²) >= 11 is 1.77. The second kappa shape index (κ2) is 8.48. The summed E-state index contributed by atoms with van der Waals surface area (Å²) in [6.45, 7) is 7.12. The number of aromatic nitrogens is 1. The van der Waals surface area contributed by atoms with Gasteiger partial charge in [-0.1, -0.05) is 30.3 Å². The molecule has 2 heterocycles. The smallest absolute Gasteiger partial charge is 0.193 e. The number of piperidine rings is 1. The first-order chi connectivity index (χ1) is 12.2. The van der Waals surface area contributed by atoms with Crippen LogP contribution in [0.4, 0.5) is 0 Å². The average molecular weight is 357 g/mol. The zero-order valence-electron chi connectivity index (χ0n) is 15.5. The third-order valence-corrected chi connectivity index (χ3v) is 5.97. The van der Waals surface area contributed by atoms with Crippen LogP contribution in [0.5, 0.6) is 0 Å². The molecule has 3 rings (SSSR count). The third-order valence-electron chi connectivity index (χ3n) is 4.90. The summed E-state index contributed by atoms with van der Waals surface area (Å²) in [6.07, 6.45) is 3.66. The molecule has 25 heavy (non-hydrogen) atoms. The fourth-order valence-corrected chi connectivity index (χ4v) is 4.40. The summed E-state index contributed by atoms with van der Waals surface area (Å²) in [5.41, 5.74) is 2.59. The Labute approximate surface area is 155 Å². The Hall–Kier alpha value is -1.88. The Morgan fingerprint density at radius 2 is 1.96 bits per heavy atom. The molecule has 1 fully saturated rings. The van der Waals surface area contributed by atoms with Crippen molar-refractivity contribution < 1.29 is 0 Å². The van der Waals surface area contributed by atoms with Crippen molar-refractivity contribution in [2.24, 2.45) is 10.9 Å². The Bertz CT molecular complexity index is 700. The molecular formula is C20H28N4S. The summed E-state index contributed by atoms with van der Waals surface area (Å²) < 4.78 is 0. The molecule has 1 aliphatic heterocycles. The minimum atomic E-state index is 0.781. The fraction of sp³-hybridized carbons (Fsp3) is 0.500. The van der Waals surface area contributed by atoms with Crippen molar-refractivity contribution in [2.75, 3.05) is 20.1 Å². The van der Waals surface area contributed by atoms with Crippen molar-refractivity contribution in [1.29, 1.82) is 0 Å². The lowest BCUT2D eigenvalue weighted by Gasteiger charge is -2.34. The molecule has 4 nitrogen and oxygen atoms in total. The van der Waals surface area contributed by atoms with E-state index in [0.29, 0.717) is 0 Å². The molecule has 134 valence electrons. The second-order valence-corrected chi connectivity index (χ2v) is 8.05. The summed E-state index contributed by atoms with van der Waals surface area (Å²) in [4.78, 5) is 12.7. The van der Waals surface area contributed by atoms with Crippen molar-refractivity contribution in [3.8, 4) is 0 Å². The molecule has 1 saturated heterocycles. The fourth-order valence-electron chi connectivity index (χ4n) is 3.53. The van der Waals surface area contributed by atoms with Gasteiger partial charge in [0, 0.05) is 25.0 Å². The molecule has 1 aromatic carbocycles. The predicted octanol–water partition coefficient (Wildman–Crippen LogP) is 3.79. The number of nitrogens with one attached hydrogen (secondary N) is 1. The number of hydrogen-bond donors (Lipinski definition) is 1. The summed E-state index contributed by atoms with van der Waals surface area (Å²) in [5.74, 6) is 1.80. The van der Waals surface area contributed by atoms with Gasteiger partial charge in [-0.25, -0.2) is 4.98 Å². The zero-order chi connectivity index (χ0) is 17.6. The molecule has 5 heteroatoms. The lowest BCUT2D eigenvalue weighted by Crippen LogP contribution is -2.45. The SMILES string of the molecule is CN=C(NCc1sc(C)nc1C)N1CCC(Cc2ccccc2)CC1. The van der Waals surface area contributed by atoms with E-state index in [-0.39, 0.29) is 0 Å². The minimum absolute atomic E-state index is 0.781. The van der Waals surface area contributed by atoms with Crippen LogP contribution in [-0.4, -0.2) is 36.0 Å². The van der Waals surface area contributed by atoms with E-state index in [4.69, 9.17) is 0 Å². The first kappa shape index (κ1) is 17.9. The normalized spacial score (nSPS) is 16.3. The monoisotopic (exact) mass is 356 g/mol. The maximum absolute atomic E-state index is 4.50. The first-order valence-electron chi connectivity index (χ1n) is 9.08. The third kappa shape index (κ3) is 4.82. The van der Waals surface area contributed by atoms with E-state index >= 15 is 0 Å². The van der Waals surface area contributed by atoms with Gasteiger partial charge in [0.1, 0.15) is 0 Å². The van der Waals surface area contributed by atoms with Crippen molar-refractivity contribution >= 4 is 17.3 Å². The maximum atomic E-state index is 4.50. The number of thiazole rings is 1. The van der Waals surface area contributed by atoms with Crippen LogP contribution in [0.2, 0.25) is 0 Å². The first-order valence-corrected chi connectivity index (χ1v) is 9.89. The van der Waals surface area contributed by atoms with Gasteiger partial charge in [0.15, 0.2) is 5.96 Å². The highest BCUT2D eigenvalue weighted by Crippen LogP contribution is 2.22. The van der Waals surface area contributed by atoms with E-state index in [2.05, 4.69) is 64.4 Å². The largest absolute Gasteiger partial charge is 0.351 e. The van der Waals surface area contributed by atoms with Crippen molar-refractivity contribution in [2.45, 2.75) is 39.7 Å². The van der Waals surface area contributed by atoms with Crippen LogP contribution in [-0.2, 0) is 13.0 Å². The Balaban J connectivity index is 1.49. The van der Waals surface area contributed by atoms with Crippen LogP contribution in [0.1, 0.15) is 34.0 Å². The summed E-state index contributed by atoms with van der Waals surface area (Å²) in [6, 6.07) is 10.9. The van der Waals surface area contributed by atoms with Crippen LogP contribution < -0.4 is 5.32 Å². The number of guanidine groups is 1. The molecule has 0 saturated carbocycles. The maximum Gasteiger partial charge on any atom is 0.193 e. The van der Waals surface area contributed by atoms with Gasteiger partial charge >= 0.3 is 0 Å². The molecule has 0 atom stereocenters. The van der Waals surface area contributed by atoms with Gasteiger partial charge in [0.25, 0.3) is 0 Å². The van der Waals surface area contributed by atoms with Crippen LogP contribution in [0, 0.1) is 19.8 Å². The Morgan fingerprint density at radius 3 is 2.56 bits per heavy atom. The van der Waals surface area contributed by atoms with E-state index in [0.717, 1.165) is 42.2 Å². The number of rotatable bonds is 4. The van der Waals surface area contributed by atoms with E-state index in [1.807, 2.05) is 7.05 Å². The molecule has 0 spiro atoms. The number of nitrogens with zero attached hydrogens (tertiary/aromatic N) is 3. The average Bonchev–Trinajstić information content (AvgIpc) is 2.95. The van der Waals surface area contributed by atoms with Gasteiger partial charge in [-0.05, 0) is 44.6 Å². The van der Waals surface area contributed by atoms with Gasteiger partial charge in [0.2, 0.25) is 0 Å². The Morgan fingerprint density at radius 1 is 1.24 bits per heavy atom. The molecule has 0 radical (unpaired) electrons. The summed E-state index contributed by atoms with van der Waals surface area (Å²) in [5, 5.41) is 4.65. The molecule has 0 aliphatic carbocycles. The highest BCUT2D eigenvalue weighted by molar-refractivity contribution is 7.11. The number of benzene rings is 1. The number of aliphatic imine (C=N–C) groups is 1. The topological polar surface area (TPSA) is 40.5 Å². The standard InChI is InChI=1S/C20H28N4S/c1-15-19(25-16(2)23-15)14-22-20(21-3)24-11-9-18(10-12-24)13-17-7-5-4-6-8-17/h4-8,18H,9-14H2,1-3H3,(H,21,22). The molecule has 1 aromatic heterocycles. The van der Waals surface area contributed by atoms with Crippen LogP contribution >= 0.6 is 11.3 Å². The van der Waals surface area contributed by atoms with Gasteiger partial charge in [-0.3, -0.25) is 4.99 Å². The zero-order valence-corrected chi connectivity index (χ0v) is 16.3. The highest BCUT2D eigenvalue weighted by atomic mass is 32.1. The molecule has 0 unspecified atom stereocenters. The number of aryl methyl sites for hydroxylation is 2. The van der Waals surface area contributed by atoms with Crippen LogP contribution in [0.25, 0.3) is 0 Å². The van der Waals surface area contributed by atoms with Gasteiger partial charge in [-0.2, -0.15) is 0 Å².